The first-order valence-corrected chi connectivity index (χ1v) is 7.77. The molecular formula is C17H15ClN4O3. The molecule has 3 rings (SSSR count). The van der Waals surface area contributed by atoms with Gasteiger partial charge in [-0.2, -0.15) is 0 Å². The number of ether oxygens (including phenoxy) is 1. The van der Waals surface area contributed by atoms with Gasteiger partial charge in [0.2, 0.25) is 0 Å². The molecule has 0 aromatic carbocycles. The molecule has 0 unspecified atom stereocenters. The maximum atomic E-state index is 11.6. The van der Waals surface area contributed by atoms with Crippen LogP contribution in [0.1, 0.15) is 21.9 Å². The average Bonchev–Trinajstić information content (AvgIpc) is 2.95. The number of anilines is 2. The van der Waals surface area contributed by atoms with Crippen LogP contribution in [0.25, 0.3) is 11.1 Å². The summed E-state index contributed by atoms with van der Waals surface area (Å²) in [6, 6.07) is 5.14. The number of halogens is 1. The van der Waals surface area contributed by atoms with Crippen molar-refractivity contribution in [2.45, 2.75) is 13.8 Å². The summed E-state index contributed by atoms with van der Waals surface area (Å²) in [4.78, 5) is 19.8. The number of hydrogen-bond acceptors (Lipinski definition) is 7. The molecule has 0 spiro atoms. The van der Waals surface area contributed by atoms with Gasteiger partial charge in [0.1, 0.15) is 11.5 Å². The molecule has 0 radical (unpaired) electrons. The summed E-state index contributed by atoms with van der Waals surface area (Å²) in [5.74, 6) is 0.182. The lowest BCUT2D eigenvalue weighted by atomic mass is 10.1. The third-order valence-corrected chi connectivity index (χ3v) is 3.90. The Kier molecular flexibility index (Phi) is 4.67. The molecule has 0 bridgehead atoms. The summed E-state index contributed by atoms with van der Waals surface area (Å²) in [5, 5.41) is 7.39. The van der Waals surface area contributed by atoms with Crippen LogP contribution in [0.2, 0.25) is 5.15 Å². The molecule has 0 atom stereocenters. The standard InChI is InChI=1S/C17H15ClN4O3/c1-9-15(10(2)25-22-9)11-6-13(16(18)20-8-11)21-12-4-5-19-14(7-12)17(23)24-3/h4-8H,1-3H3,(H,19,21). The lowest BCUT2D eigenvalue weighted by Crippen LogP contribution is -2.04. The Labute approximate surface area is 149 Å². The minimum atomic E-state index is -0.516. The normalized spacial score (nSPS) is 10.6. The van der Waals surface area contributed by atoms with E-state index in [1.807, 2.05) is 19.9 Å². The molecule has 3 heterocycles. The van der Waals surface area contributed by atoms with E-state index in [2.05, 4.69) is 25.2 Å². The van der Waals surface area contributed by atoms with Crippen LogP contribution < -0.4 is 5.32 Å². The minimum Gasteiger partial charge on any atom is -0.464 e. The van der Waals surface area contributed by atoms with Crippen LogP contribution in [-0.2, 0) is 4.74 Å². The smallest absolute Gasteiger partial charge is 0.356 e. The average molecular weight is 359 g/mol. The Morgan fingerprint density at radius 3 is 2.76 bits per heavy atom. The van der Waals surface area contributed by atoms with Gasteiger partial charge >= 0.3 is 5.97 Å². The highest BCUT2D eigenvalue weighted by atomic mass is 35.5. The molecule has 128 valence electrons. The van der Waals surface area contributed by atoms with Gasteiger partial charge in [0.15, 0.2) is 5.15 Å². The summed E-state index contributed by atoms with van der Waals surface area (Å²) < 4.78 is 9.88. The maximum absolute atomic E-state index is 11.6. The fourth-order valence-corrected chi connectivity index (χ4v) is 2.60. The number of nitrogens with zero attached hydrogens (tertiary/aromatic N) is 3. The second kappa shape index (κ2) is 6.90. The first-order valence-electron chi connectivity index (χ1n) is 7.39. The van der Waals surface area contributed by atoms with Crippen LogP contribution in [0.4, 0.5) is 11.4 Å². The van der Waals surface area contributed by atoms with Crippen LogP contribution in [0.15, 0.2) is 35.1 Å². The number of carbonyl (C=O) groups is 1. The van der Waals surface area contributed by atoms with E-state index in [4.69, 9.17) is 16.1 Å². The monoisotopic (exact) mass is 358 g/mol. The van der Waals surface area contributed by atoms with Crippen molar-refractivity contribution in [2.24, 2.45) is 0 Å². The molecule has 25 heavy (non-hydrogen) atoms. The molecule has 0 aliphatic heterocycles. The summed E-state index contributed by atoms with van der Waals surface area (Å²) >= 11 is 6.20. The van der Waals surface area contributed by atoms with E-state index < -0.39 is 5.97 Å². The molecule has 0 amide bonds. The van der Waals surface area contributed by atoms with E-state index >= 15 is 0 Å². The van der Waals surface area contributed by atoms with Gasteiger partial charge in [0.25, 0.3) is 0 Å². The number of aryl methyl sites for hydroxylation is 2. The Morgan fingerprint density at radius 2 is 2.08 bits per heavy atom. The number of esters is 1. The van der Waals surface area contributed by atoms with E-state index in [-0.39, 0.29) is 5.69 Å². The highest BCUT2D eigenvalue weighted by Gasteiger charge is 2.14. The molecule has 0 aliphatic carbocycles. The number of methoxy groups -OCH3 is 1. The molecule has 0 saturated carbocycles. The predicted molar refractivity (Wildman–Crippen MR) is 93.1 cm³/mol. The molecule has 1 N–H and O–H groups in total. The number of pyridine rings is 2. The quantitative estimate of drug-likeness (QED) is 0.558. The van der Waals surface area contributed by atoms with Gasteiger partial charge < -0.3 is 14.6 Å². The van der Waals surface area contributed by atoms with E-state index in [0.717, 1.165) is 16.8 Å². The van der Waals surface area contributed by atoms with Gasteiger partial charge in [-0.3, -0.25) is 0 Å². The van der Waals surface area contributed by atoms with Gasteiger partial charge in [-0.05, 0) is 32.0 Å². The summed E-state index contributed by atoms with van der Waals surface area (Å²) in [6.07, 6.45) is 3.17. The Morgan fingerprint density at radius 1 is 1.28 bits per heavy atom. The second-order valence-corrected chi connectivity index (χ2v) is 5.67. The van der Waals surface area contributed by atoms with Gasteiger partial charge in [0, 0.05) is 29.2 Å². The van der Waals surface area contributed by atoms with E-state index in [9.17, 15) is 4.79 Å². The molecule has 0 aliphatic rings. The lowest BCUT2D eigenvalue weighted by molar-refractivity contribution is 0.0594. The number of carbonyl (C=O) groups excluding carboxylic acids is 1. The van der Waals surface area contributed by atoms with Crippen molar-refractivity contribution in [3.8, 4) is 11.1 Å². The van der Waals surface area contributed by atoms with Gasteiger partial charge in [-0.15, -0.1) is 0 Å². The van der Waals surface area contributed by atoms with Crippen LogP contribution >= 0.6 is 11.6 Å². The van der Waals surface area contributed by atoms with Crippen LogP contribution in [0.5, 0.6) is 0 Å². The van der Waals surface area contributed by atoms with Crippen LogP contribution in [0.3, 0.4) is 0 Å². The molecule has 0 fully saturated rings. The van der Waals surface area contributed by atoms with Crippen LogP contribution in [0, 0.1) is 13.8 Å². The highest BCUT2D eigenvalue weighted by molar-refractivity contribution is 6.32. The molecule has 0 saturated heterocycles. The molecule has 3 aromatic rings. The predicted octanol–water partition coefficient (Wildman–Crippen LogP) is 3.93. The van der Waals surface area contributed by atoms with E-state index in [0.29, 0.717) is 22.3 Å². The molecule has 8 heteroatoms. The number of hydrogen-bond donors (Lipinski definition) is 1. The summed E-state index contributed by atoms with van der Waals surface area (Å²) in [7, 11) is 1.30. The van der Waals surface area contributed by atoms with Crippen molar-refractivity contribution < 1.29 is 14.1 Å². The third kappa shape index (κ3) is 3.46. The highest BCUT2D eigenvalue weighted by Crippen LogP contribution is 2.32. The van der Waals surface area contributed by atoms with Crippen molar-refractivity contribution in [3.63, 3.8) is 0 Å². The minimum absolute atomic E-state index is 0.193. The van der Waals surface area contributed by atoms with E-state index in [1.165, 1.54) is 13.3 Å². The Hall–Kier alpha value is -2.93. The van der Waals surface area contributed by atoms with Crippen molar-refractivity contribution in [3.05, 3.63) is 52.9 Å². The SMILES string of the molecule is COC(=O)c1cc(Nc2cc(-c3c(C)noc3C)cnc2Cl)ccn1. The Bertz CT molecular complexity index is 920. The summed E-state index contributed by atoms with van der Waals surface area (Å²) in [6.45, 7) is 3.70. The van der Waals surface area contributed by atoms with Gasteiger partial charge in [-0.25, -0.2) is 14.8 Å². The largest absolute Gasteiger partial charge is 0.464 e. The Balaban J connectivity index is 1.96. The fourth-order valence-electron chi connectivity index (χ4n) is 2.45. The van der Waals surface area contributed by atoms with Crippen molar-refractivity contribution in [1.82, 2.24) is 15.1 Å². The molecular weight excluding hydrogens is 344 g/mol. The number of nitrogens with one attached hydrogen (secondary N) is 1. The number of rotatable bonds is 4. The second-order valence-electron chi connectivity index (χ2n) is 5.31. The third-order valence-electron chi connectivity index (χ3n) is 3.59. The topological polar surface area (TPSA) is 90.1 Å². The summed E-state index contributed by atoms with van der Waals surface area (Å²) in [5.41, 5.74) is 3.88. The van der Waals surface area contributed by atoms with Crippen molar-refractivity contribution in [2.75, 3.05) is 12.4 Å². The van der Waals surface area contributed by atoms with E-state index in [1.54, 1.807) is 18.3 Å². The first-order chi connectivity index (χ1) is 12.0. The lowest BCUT2D eigenvalue weighted by Gasteiger charge is -2.10. The van der Waals surface area contributed by atoms with Crippen molar-refractivity contribution >= 4 is 28.9 Å². The fraction of sp³-hybridized carbons (Fsp3) is 0.176. The molecule has 7 nitrogen and oxygen atoms in total. The zero-order valence-electron chi connectivity index (χ0n) is 13.8. The first kappa shape index (κ1) is 16.9. The van der Waals surface area contributed by atoms with Gasteiger partial charge in [-0.1, -0.05) is 16.8 Å². The van der Waals surface area contributed by atoms with Crippen LogP contribution in [-0.4, -0.2) is 28.2 Å². The maximum Gasteiger partial charge on any atom is 0.356 e. The van der Waals surface area contributed by atoms with Gasteiger partial charge in [0.05, 0.1) is 18.5 Å². The van der Waals surface area contributed by atoms with Crippen molar-refractivity contribution in [1.29, 1.82) is 0 Å². The zero-order chi connectivity index (χ0) is 18.0. The zero-order valence-corrected chi connectivity index (χ0v) is 14.6. The number of aromatic nitrogens is 3. The molecule has 3 aromatic heterocycles.